The van der Waals surface area contributed by atoms with E-state index in [1.54, 1.807) is 4.31 Å². The Morgan fingerprint density at radius 1 is 1.33 bits per heavy atom. The van der Waals surface area contributed by atoms with Gasteiger partial charge in [-0.25, -0.2) is 9.97 Å². The molecule has 2 heterocycles. The molecule has 0 bridgehead atoms. The zero-order chi connectivity index (χ0) is 15.1. The van der Waals surface area contributed by atoms with E-state index in [1.807, 2.05) is 0 Å². The lowest BCUT2D eigenvalue weighted by atomic mass is 10.1. The summed E-state index contributed by atoms with van der Waals surface area (Å²) in [6.45, 7) is 4.26. The molecule has 0 aliphatic carbocycles. The molecule has 1 unspecified atom stereocenters. The lowest BCUT2D eigenvalue weighted by Crippen LogP contribution is -2.50. The molecule has 0 spiro atoms. The van der Waals surface area contributed by atoms with Crippen LogP contribution in [0.3, 0.4) is 0 Å². The quantitative estimate of drug-likeness (QED) is 0.733. The maximum atomic E-state index is 12.5. The number of hydrogen-bond acceptors (Lipinski definition) is 5. The van der Waals surface area contributed by atoms with Crippen LogP contribution in [-0.4, -0.2) is 48.4 Å². The third-order valence-corrected chi connectivity index (χ3v) is 5.09. The van der Waals surface area contributed by atoms with Crippen molar-refractivity contribution in [2.45, 2.75) is 38.6 Å². The molecule has 7 nitrogen and oxygen atoms in total. The molecule has 1 aliphatic rings. The number of rotatable bonds is 7. The molecule has 1 fully saturated rings. The molecule has 0 amide bonds. The van der Waals surface area contributed by atoms with Gasteiger partial charge in [0.1, 0.15) is 6.33 Å². The van der Waals surface area contributed by atoms with Gasteiger partial charge in [-0.05, 0) is 25.8 Å². The van der Waals surface area contributed by atoms with Gasteiger partial charge in [-0.1, -0.05) is 13.3 Å². The zero-order valence-corrected chi connectivity index (χ0v) is 13.1. The highest BCUT2D eigenvalue weighted by Crippen LogP contribution is 2.21. The fourth-order valence-electron chi connectivity index (χ4n) is 2.50. The van der Waals surface area contributed by atoms with Gasteiger partial charge in [0.2, 0.25) is 0 Å². The summed E-state index contributed by atoms with van der Waals surface area (Å²) in [7, 11) is -3.56. The van der Waals surface area contributed by atoms with Crippen molar-refractivity contribution in [2.75, 3.05) is 24.4 Å². The number of hydrogen-bond donors (Lipinski definition) is 2. The van der Waals surface area contributed by atoms with E-state index in [0.29, 0.717) is 18.8 Å². The van der Waals surface area contributed by atoms with Crippen molar-refractivity contribution in [1.82, 2.24) is 19.6 Å². The maximum Gasteiger partial charge on any atom is 0.302 e. The van der Waals surface area contributed by atoms with Crippen LogP contribution in [0, 0.1) is 0 Å². The molecule has 8 heteroatoms. The largest absolute Gasteiger partial charge is 0.315 e. The average molecular weight is 313 g/mol. The van der Waals surface area contributed by atoms with Crippen molar-refractivity contribution in [3.8, 4) is 0 Å². The minimum atomic E-state index is -3.56. The first kappa shape index (κ1) is 16.1. The highest BCUT2D eigenvalue weighted by atomic mass is 32.2. The van der Waals surface area contributed by atoms with Crippen LogP contribution in [0.15, 0.2) is 18.7 Å². The Balaban J connectivity index is 2.04. The van der Waals surface area contributed by atoms with Crippen LogP contribution in [0.1, 0.15) is 32.6 Å². The third-order valence-electron chi connectivity index (χ3n) is 3.50. The van der Waals surface area contributed by atoms with Gasteiger partial charge in [0, 0.05) is 19.1 Å². The molecule has 1 saturated heterocycles. The maximum absolute atomic E-state index is 12.5. The van der Waals surface area contributed by atoms with Gasteiger partial charge >= 0.3 is 10.2 Å². The molecule has 0 saturated carbocycles. The van der Waals surface area contributed by atoms with Crippen molar-refractivity contribution >= 4 is 15.9 Å². The van der Waals surface area contributed by atoms with E-state index >= 15 is 0 Å². The van der Waals surface area contributed by atoms with Crippen LogP contribution in [0.25, 0.3) is 0 Å². The fraction of sp³-hybridized carbons (Fsp3) is 0.692. The monoisotopic (exact) mass is 313 g/mol. The van der Waals surface area contributed by atoms with Crippen molar-refractivity contribution in [3.05, 3.63) is 18.7 Å². The first-order valence-electron chi connectivity index (χ1n) is 7.39. The molecule has 118 valence electrons. The zero-order valence-electron chi connectivity index (χ0n) is 12.3. The van der Waals surface area contributed by atoms with Crippen LogP contribution in [0.4, 0.5) is 5.69 Å². The summed E-state index contributed by atoms with van der Waals surface area (Å²) in [6, 6.07) is 0.00688. The summed E-state index contributed by atoms with van der Waals surface area (Å²) < 4.78 is 29.2. The first-order chi connectivity index (χ1) is 10.1. The third kappa shape index (κ3) is 4.62. The molecular weight excluding hydrogens is 290 g/mol. The second-order valence-electron chi connectivity index (χ2n) is 5.20. The topological polar surface area (TPSA) is 87.2 Å². The second-order valence-corrected chi connectivity index (χ2v) is 6.82. The van der Waals surface area contributed by atoms with Crippen molar-refractivity contribution in [2.24, 2.45) is 0 Å². The molecule has 21 heavy (non-hydrogen) atoms. The molecule has 2 rings (SSSR count). The van der Waals surface area contributed by atoms with E-state index in [4.69, 9.17) is 0 Å². The predicted molar refractivity (Wildman–Crippen MR) is 82.1 cm³/mol. The van der Waals surface area contributed by atoms with Gasteiger partial charge in [0.25, 0.3) is 0 Å². The number of nitrogens with zero attached hydrogens (tertiary/aromatic N) is 3. The Morgan fingerprint density at radius 3 is 2.81 bits per heavy atom. The molecule has 1 aromatic heterocycles. The molecule has 1 aromatic rings. The van der Waals surface area contributed by atoms with Gasteiger partial charge in [-0.3, -0.25) is 4.72 Å². The van der Waals surface area contributed by atoms with E-state index in [2.05, 4.69) is 26.9 Å². The SMILES string of the molecule is CCCNCC1CCCCN1S(=O)(=O)Nc1cncnc1. The second kappa shape index (κ2) is 7.67. The fourth-order valence-corrected chi connectivity index (χ4v) is 3.96. The lowest BCUT2D eigenvalue weighted by molar-refractivity contribution is 0.247. The summed E-state index contributed by atoms with van der Waals surface area (Å²) in [6.07, 6.45) is 8.19. The van der Waals surface area contributed by atoms with Crippen LogP contribution in [0.5, 0.6) is 0 Å². The minimum Gasteiger partial charge on any atom is -0.315 e. The van der Waals surface area contributed by atoms with Crippen molar-refractivity contribution < 1.29 is 8.42 Å². The molecule has 1 atom stereocenters. The van der Waals surface area contributed by atoms with Crippen LogP contribution >= 0.6 is 0 Å². The van der Waals surface area contributed by atoms with Crippen LogP contribution in [0.2, 0.25) is 0 Å². The van der Waals surface area contributed by atoms with Gasteiger partial charge in [0.15, 0.2) is 0 Å². The standard InChI is InChI=1S/C13H23N5O2S/c1-2-6-14-10-13-5-3-4-7-18(13)21(19,20)17-12-8-15-11-16-9-12/h8-9,11,13-14,17H,2-7,10H2,1H3. The Hall–Kier alpha value is -1.25. The van der Waals surface area contributed by atoms with E-state index < -0.39 is 10.2 Å². The highest BCUT2D eigenvalue weighted by Gasteiger charge is 2.32. The van der Waals surface area contributed by atoms with Gasteiger partial charge in [-0.15, -0.1) is 0 Å². The lowest BCUT2D eigenvalue weighted by Gasteiger charge is -2.34. The van der Waals surface area contributed by atoms with Gasteiger partial charge < -0.3 is 5.32 Å². The van der Waals surface area contributed by atoms with Crippen molar-refractivity contribution in [3.63, 3.8) is 0 Å². The minimum absolute atomic E-state index is 0.00688. The van der Waals surface area contributed by atoms with E-state index in [9.17, 15) is 8.42 Å². The predicted octanol–water partition coefficient (Wildman–Crippen LogP) is 0.987. The summed E-state index contributed by atoms with van der Waals surface area (Å²) in [5, 5.41) is 3.31. The van der Waals surface area contributed by atoms with Crippen molar-refractivity contribution in [1.29, 1.82) is 0 Å². The number of anilines is 1. The Kier molecular flexibility index (Phi) is 5.89. The summed E-state index contributed by atoms with van der Waals surface area (Å²) in [5.41, 5.74) is 0.392. The Labute approximate surface area is 126 Å². The molecule has 2 N–H and O–H groups in total. The summed E-state index contributed by atoms with van der Waals surface area (Å²) in [4.78, 5) is 7.65. The summed E-state index contributed by atoms with van der Waals surface area (Å²) >= 11 is 0. The van der Waals surface area contributed by atoms with Crippen LogP contribution < -0.4 is 10.0 Å². The normalized spacial score (nSPS) is 20.3. The highest BCUT2D eigenvalue weighted by molar-refractivity contribution is 7.90. The first-order valence-corrected chi connectivity index (χ1v) is 8.83. The van der Waals surface area contributed by atoms with Crippen LogP contribution in [-0.2, 0) is 10.2 Å². The molecular formula is C13H23N5O2S. The molecule has 0 aromatic carbocycles. The van der Waals surface area contributed by atoms with E-state index in [0.717, 1.165) is 32.2 Å². The number of aromatic nitrogens is 2. The Morgan fingerprint density at radius 2 is 2.10 bits per heavy atom. The number of piperidine rings is 1. The van der Waals surface area contributed by atoms with E-state index in [1.165, 1.54) is 18.7 Å². The Bertz CT molecular complexity index is 523. The average Bonchev–Trinajstić information content (AvgIpc) is 2.48. The molecule has 0 radical (unpaired) electrons. The van der Waals surface area contributed by atoms with Gasteiger partial charge in [0.05, 0.1) is 18.1 Å². The smallest absolute Gasteiger partial charge is 0.302 e. The van der Waals surface area contributed by atoms with Gasteiger partial charge in [-0.2, -0.15) is 12.7 Å². The molecule has 1 aliphatic heterocycles. The number of nitrogens with one attached hydrogen (secondary N) is 2. The van der Waals surface area contributed by atoms with E-state index in [-0.39, 0.29) is 6.04 Å². The summed E-state index contributed by atoms with van der Waals surface area (Å²) in [5.74, 6) is 0.